The van der Waals surface area contributed by atoms with Gasteiger partial charge in [-0.1, -0.05) is 66.7 Å². The number of primary amides is 1. The summed E-state index contributed by atoms with van der Waals surface area (Å²) >= 11 is 0. The molecule has 2 fully saturated rings. The normalized spacial score (nSPS) is 18.6. The zero-order valence-electron chi connectivity index (χ0n) is 34.6. The molecule has 336 valence electrons. The van der Waals surface area contributed by atoms with E-state index >= 15 is 8.78 Å². The van der Waals surface area contributed by atoms with Crippen LogP contribution in [0.3, 0.4) is 0 Å². The summed E-state index contributed by atoms with van der Waals surface area (Å²) in [5, 5.41) is 18.4. The Morgan fingerprint density at radius 1 is 0.921 bits per heavy atom. The lowest BCUT2D eigenvalue weighted by Crippen LogP contribution is -2.62. The fraction of sp³-hybridized carbons (Fsp3) is 0.395. The Kier molecular flexibility index (Phi) is 14.6. The lowest BCUT2D eigenvalue weighted by molar-refractivity contribution is -0.143. The number of hydrogen-bond donors (Lipinski definition) is 6. The number of nitrogens with one attached hydrogen (secondary N) is 4. The van der Waals surface area contributed by atoms with Crippen molar-refractivity contribution in [2.45, 2.75) is 81.8 Å². The molecule has 3 aromatic carbocycles. The standard InChI is InChI=1S/C43H50F2N7O10P/c1-3-61-63(60,62-4-2)43(44,45)29-15-17-31-28(23-29)24-33(47-31)39(55)49-34-25-51(42(58)59)22-21-30-16-19-35(52(30)41(34)57)40(56)48-32(18-20-36(46)53)38(54)50-37(26-11-7-5-8-12-26)27-13-9-6-10-14-27/h5-15,17,23-24,30,32,34-35,37,47H,3-4,16,18-22,25H2,1-2H3,(H2,46,53)(H,48,56)(H,49,55)(H,50,54)(H,58,59)/t30-,32?,34+,35+/m1/s1. The van der Waals surface area contributed by atoms with E-state index in [2.05, 4.69) is 20.9 Å². The van der Waals surface area contributed by atoms with Crippen molar-refractivity contribution in [2.24, 2.45) is 5.73 Å². The highest BCUT2D eigenvalue weighted by Gasteiger charge is 2.55. The van der Waals surface area contributed by atoms with E-state index < -0.39 is 91.2 Å². The Balaban J connectivity index is 1.23. The van der Waals surface area contributed by atoms with E-state index in [1.165, 1.54) is 30.9 Å². The van der Waals surface area contributed by atoms with Crippen molar-refractivity contribution in [2.75, 3.05) is 26.3 Å². The van der Waals surface area contributed by atoms with Gasteiger partial charge in [-0.2, -0.15) is 8.78 Å². The molecule has 4 atom stereocenters. The van der Waals surface area contributed by atoms with Crippen LogP contribution in [-0.4, -0.2) is 106 Å². The number of nitrogens with two attached hydrogens (primary N) is 1. The van der Waals surface area contributed by atoms with Gasteiger partial charge in [0, 0.05) is 35.5 Å². The van der Waals surface area contributed by atoms with E-state index in [-0.39, 0.29) is 62.0 Å². The number of aromatic nitrogens is 1. The van der Waals surface area contributed by atoms with E-state index in [0.717, 1.165) is 28.2 Å². The minimum Gasteiger partial charge on any atom is -0.465 e. The highest BCUT2D eigenvalue weighted by Crippen LogP contribution is 2.66. The van der Waals surface area contributed by atoms with Crippen LogP contribution in [0.5, 0.6) is 0 Å². The molecule has 0 aliphatic carbocycles. The Morgan fingerprint density at radius 3 is 2.14 bits per heavy atom. The average molecular weight is 894 g/mol. The molecule has 0 spiro atoms. The number of carboxylic acid groups (broad SMARTS) is 1. The predicted octanol–water partition coefficient (Wildman–Crippen LogP) is 4.98. The lowest BCUT2D eigenvalue weighted by atomic mass is 9.98. The van der Waals surface area contributed by atoms with Gasteiger partial charge in [-0.3, -0.25) is 28.5 Å². The van der Waals surface area contributed by atoms with Crippen LogP contribution in [0, 0.1) is 0 Å². The van der Waals surface area contributed by atoms with Crippen molar-refractivity contribution in [1.29, 1.82) is 0 Å². The van der Waals surface area contributed by atoms with Crippen molar-refractivity contribution in [1.82, 2.24) is 30.7 Å². The fourth-order valence-corrected chi connectivity index (χ4v) is 9.54. The topological polar surface area (TPSA) is 243 Å². The third-order valence-corrected chi connectivity index (χ3v) is 13.2. The molecular weight excluding hydrogens is 843 g/mol. The number of benzene rings is 3. The minimum absolute atomic E-state index is 0.0365. The Morgan fingerprint density at radius 2 is 1.56 bits per heavy atom. The summed E-state index contributed by atoms with van der Waals surface area (Å²) in [5.41, 5.74) is 2.31. The van der Waals surface area contributed by atoms with Gasteiger partial charge in [0.1, 0.15) is 23.8 Å². The van der Waals surface area contributed by atoms with E-state index in [9.17, 15) is 38.4 Å². The van der Waals surface area contributed by atoms with Crippen LogP contribution in [-0.2, 0) is 38.5 Å². The SMILES string of the molecule is CCOP(=O)(OCC)C(F)(F)c1ccc2[nH]c(C(=O)N[C@H]3CN(C(=O)O)CC[C@H]4CC[C@@H](C(=O)NC(CCC(N)=O)C(=O)NC(c5ccccc5)c5ccccc5)N4C3=O)cc2c1. The maximum Gasteiger partial charge on any atom is 0.407 e. The fourth-order valence-electron chi connectivity index (χ4n) is 8.00. The number of amides is 6. The summed E-state index contributed by atoms with van der Waals surface area (Å²) in [7, 11) is -4.94. The van der Waals surface area contributed by atoms with Gasteiger partial charge in [0.15, 0.2) is 0 Å². The molecule has 17 nitrogen and oxygen atoms in total. The number of nitrogens with zero attached hydrogens (tertiary/aromatic N) is 2. The van der Waals surface area contributed by atoms with Gasteiger partial charge in [0.2, 0.25) is 23.6 Å². The van der Waals surface area contributed by atoms with Gasteiger partial charge in [-0.05, 0) is 68.9 Å². The molecule has 6 amide bonds. The van der Waals surface area contributed by atoms with E-state index in [1.54, 1.807) is 0 Å². The lowest BCUT2D eigenvalue weighted by Gasteiger charge is -2.38. The number of fused-ring (bicyclic) bond motifs is 2. The van der Waals surface area contributed by atoms with Crippen molar-refractivity contribution in [3.63, 3.8) is 0 Å². The second-order valence-electron chi connectivity index (χ2n) is 15.2. The van der Waals surface area contributed by atoms with Gasteiger partial charge in [0.05, 0.1) is 25.8 Å². The Hall–Kier alpha value is -6.17. The molecule has 2 aliphatic heterocycles. The van der Waals surface area contributed by atoms with Crippen LogP contribution in [0.1, 0.15) is 79.2 Å². The van der Waals surface area contributed by atoms with Crippen LogP contribution in [0.4, 0.5) is 13.6 Å². The summed E-state index contributed by atoms with van der Waals surface area (Å²) in [6, 6.07) is 17.7. The second-order valence-corrected chi connectivity index (χ2v) is 17.3. The zero-order chi connectivity index (χ0) is 45.5. The van der Waals surface area contributed by atoms with Gasteiger partial charge in [-0.25, -0.2) is 4.79 Å². The Bertz CT molecular complexity index is 2320. The molecule has 0 radical (unpaired) electrons. The molecule has 2 aliphatic rings. The molecule has 2 saturated heterocycles. The number of carbonyl (C=O) groups excluding carboxylic acids is 5. The van der Waals surface area contributed by atoms with Crippen molar-refractivity contribution >= 4 is 54.1 Å². The molecule has 3 heterocycles. The first-order valence-corrected chi connectivity index (χ1v) is 22.1. The monoisotopic (exact) mass is 893 g/mol. The first-order chi connectivity index (χ1) is 30.1. The first-order valence-electron chi connectivity index (χ1n) is 20.6. The molecule has 4 aromatic rings. The van der Waals surface area contributed by atoms with Crippen LogP contribution in [0.25, 0.3) is 10.9 Å². The van der Waals surface area contributed by atoms with E-state index in [0.29, 0.717) is 6.42 Å². The highest BCUT2D eigenvalue weighted by atomic mass is 31.2. The Labute approximate surface area is 361 Å². The van der Waals surface area contributed by atoms with Gasteiger partial charge in [0.25, 0.3) is 5.91 Å². The summed E-state index contributed by atoms with van der Waals surface area (Å²) < 4.78 is 54.0. The number of halogens is 2. The number of aromatic amines is 1. The number of rotatable bonds is 17. The molecule has 0 bridgehead atoms. The van der Waals surface area contributed by atoms with Crippen molar-refractivity contribution in [3.05, 3.63) is 107 Å². The molecule has 6 rings (SSSR count). The molecule has 0 saturated carbocycles. The third-order valence-electron chi connectivity index (χ3n) is 11.1. The second kappa shape index (κ2) is 19.9. The maximum absolute atomic E-state index is 15.6. The summed E-state index contributed by atoms with van der Waals surface area (Å²) in [6.45, 7) is 1.68. The van der Waals surface area contributed by atoms with E-state index in [4.69, 9.17) is 14.8 Å². The number of hydrogen-bond acceptors (Lipinski definition) is 9. The van der Waals surface area contributed by atoms with Gasteiger partial charge in [-0.15, -0.1) is 0 Å². The molecule has 1 aromatic heterocycles. The van der Waals surface area contributed by atoms with Gasteiger partial charge < -0.3 is 50.6 Å². The number of carbonyl (C=O) groups is 6. The smallest absolute Gasteiger partial charge is 0.407 e. The van der Waals surface area contributed by atoms with Crippen LogP contribution in [0.15, 0.2) is 84.9 Å². The number of alkyl halides is 2. The van der Waals surface area contributed by atoms with E-state index in [1.807, 2.05) is 60.7 Å². The average Bonchev–Trinajstić information content (AvgIpc) is 3.89. The molecule has 20 heteroatoms. The molecule has 1 unspecified atom stereocenters. The quantitative estimate of drug-likeness (QED) is 0.0777. The van der Waals surface area contributed by atoms with Crippen molar-refractivity contribution < 1.29 is 56.3 Å². The van der Waals surface area contributed by atoms with Crippen LogP contribution >= 0.6 is 7.60 Å². The summed E-state index contributed by atoms with van der Waals surface area (Å²) in [6.07, 6.45) is -1.11. The van der Waals surface area contributed by atoms with Crippen LogP contribution in [0.2, 0.25) is 0 Å². The maximum atomic E-state index is 15.6. The largest absolute Gasteiger partial charge is 0.465 e. The highest BCUT2D eigenvalue weighted by molar-refractivity contribution is 7.54. The predicted molar refractivity (Wildman–Crippen MR) is 225 cm³/mol. The van der Waals surface area contributed by atoms with Gasteiger partial charge >= 0.3 is 19.4 Å². The molecule has 7 N–H and O–H groups in total. The number of H-pyrrole nitrogens is 1. The summed E-state index contributed by atoms with van der Waals surface area (Å²) in [4.78, 5) is 85.8. The zero-order valence-corrected chi connectivity index (χ0v) is 35.5. The van der Waals surface area contributed by atoms with Crippen LogP contribution < -0.4 is 21.7 Å². The molecular formula is C43H50F2N7O10P. The van der Waals surface area contributed by atoms with Crippen molar-refractivity contribution in [3.8, 4) is 0 Å². The molecule has 63 heavy (non-hydrogen) atoms. The third kappa shape index (κ3) is 10.4. The first kappa shape index (κ1) is 46.3. The summed E-state index contributed by atoms with van der Waals surface area (Å²) in [5.74, 6) is -3.65. The minimum atomic E-state index is -4.94.